The fourth-order valence-corrected chi connectivity index (χ4v) is 3.16. The Labute approximate surface area is 198 Å². The number of likely N-dealkylation sites (N-methyl/N-ethyl adjacent to an activating group) is 1. The van der Waals surface area contributed by atoms with Crippen molar-refractivity contribution in [1.82, 2.24) is 5.32 Å². The normalized spacial score (nSPS) is 13.8. The lowest BCUT2D eigenvalue weighted by Crippen LogP contribution is -2.28. The molecule has 2 aromatic rings. The fourth-order valence-electron chi connectivity index (χ4n) is 3.16. The monoisotopic (exact) mass is 468 g/mol. The zero-order valence-corrected chi connectivity index (χ0v) is 19.7. The number of cyclic esters (lactones) is 1. The van der Waals surface area contributed by atoms with Crippen molar-refractivity contribution < 1.29 is 33.3 Å². The molecule has 0 unspecified atom stereocenters. The van der Waals surface area contributed by atoms with Gasteiger partial charge in [0.2, 0.25) is 5.90 Å². The van der Waals surface area contributed by atoms with Gasteiger partial charge in [-0.15, -0.1) is 0 Å². The van der Waals surface area contributed by atoms with E-state index in [1.54, 1.807) is 42.5 Å². The third-order valence-electron chi connectivity index (χ3n) is 4.63. The van der Waals surface area contributed by atoms with Crippen LogP contribution in [0.15, 0.2) is 47.1 Å². The number of amides is 1. The van der Waals surface area contributed by atoms with E-state index < -0.39 is 5.97 Å². The summed E-state index contributed by atoms with van der Waals surface area (Å²) in [4.78, 5) is 28.4. The van der Waals surface area contributed by atoms with Crippen LogP contribution in [0.4, 0.5) is 0 Å². The number of nitrogens with one attached hydrogen (secondary N) is 1. The van der Waals surface area contributed by atoms with Gasteiger partial charge >= 0.3 is 5.97 Å². The van der Waals surface area contributed by atoms with Gasteiger partial charge < -0.3 is 29.0 Å². The van der Waals surface area contributed by atoms with Gasteiger partial charge in [-0.25, -0.2) is 9.79 Å². The van der Waals surface area contributed by atoms with Crippen molar-refractivity contribution in [3.8, 4) is 23.0 Å². The molecule has 0 radical (unpaired) electrons. The van der Waals surface area contributed by atoms with Crippen LogP contribution in [0.1, 0.15) is 31.9 Å². The second-order valence-corrected chi connectivity index (χ2v) is 7.02. The van der Waals surface area contributed by atoms with Gasteiger partial charge in [0.1, 0.15) is 0 Å². The average molecular weight is 469 g/mol. The molecule has 9 heteroatoms. The first kappa shape index (κ1) is 24.6. The van der Waals surface area contributed by atoms with Crippen molar-refractivity contribution in [2.45, 2.75) is 20.8 Å². The van der Waals surface area contributed by atoms with Gasteiger partial charge in [-0.05, 0) is 62.7 Å². The Morgan fingerprint density at radius 1 is 0.971 bits per heavy atom. The zero-order chi connectivity index (χ0) is 24.5. The van der Waals surface area contributed by atoms with E-state index >= 15 is 0 Å². The zero-order valence-electron chi connectivity index (χ0n) is 19.7. The van der Waals surface area contributed by atoms with Crippen LogP contribution in [0.5, 0.6) is 23.0 Å². The summed E-state index contributed by atoms with van der Waals surface area (Å²) in [7, 11) is 1.49. The van der Waals surface area contributed by atoms with Crippen molar-refractivity contribution in [2.75, 3.05) is 33.5 Å². The summed E-state index contributed by atoms with van der Waals surface area (Å²) in [5, 5.41) is 2.66. The van der Waals surface area contributed by atoms with Gasteiger partial charge in [0, 0.05) is 12.1 Å². The highest BCUT2D eigenvalue weighted by Crippen LogP contribution is 2.32. The van der Waals surface area contributed by atoms with E-state index in [4.69, 9.17) is 23.7 Å². The quantitative estimate of drug-likeness (QED) is 0.398. The summed E-state index contributed by atoms with van der Waals surface area (Å²) < 4.78 is 27.5. The van der Waals surface area contributed by atoms with Gasteiger partial charge in [0.25, 0.3) is 5.91 Å². The summed E-state index contributed by atoms with van der Waals surface area (Å²) in [6.45, 7) is 6.95. The molecule has 34 heavy (non-hydrogen) atoms. The van der Waals surface area contributed by atoms with Gasteiger partial charge in [0.15, 0.2) is 35.3 Å². The standard InChI is InChI=1S/C25H28N2O7/c1-5-26-23(28)15-33-19-10-8-16(13-21(19)30-4)12-18-25(29)34-24(27-18)17-9-11-20(31-6-2)22(14-17)32-7-3/h8-14H,5-7,15H2,1-4H3,(H,26,28)/b18-12-. The molecule has 0 fully saturated rings. The van der Waals surface area contributed by atoms with Crippen molar-refractivity contribution in [1.29, 1.82) is 0 Å². The predicted octanol–water partition coefficient (Wildman–Crippen LogP) is 3.35. The number of carbonyl (C=O) groups excluding carboxylic acids is 2. The van der Waals surface area contributed by atoms with Gasteiger partial charge in [0.05, 0.1) is 20.3 Å². The van der Waals surface area contributed by atoms with Crippen molar-refractivity contribution in [3.63, 3.8) is 0 Å². The molecule has 0 spiro atoms. The van der Waals surface area contributed by atoms with E-state index in [9.17, 15) is 9.59 Å². The fraction of sp³-hybridized carbons (Fsp3) is 0.320. The van der Waals surface area contributed by atoms with Crippen LogP contribution in [-0.4, -0.2) is 51.2 Å². The average Bonchev–Trinajstić information content (AvgIpc) is 3.19. The Bertz CT molecular complexity index is 1110. The number of aliphatic imine (C=N–C) groups is 1. The summed E-state index contributed by atoms with van der Waals surface area (Å²) in [6, 6.07) is 10.3. The molecule has 0 saturated heterocycles. The van der Waals surface area contributed by atoms with Gasteiger partial charge in [-0.1, -0.05) is 6.07 Å². The molecule has 180 valence electrons. The highest BCUT2D eigenvalue weighted by Gasteiger charge is 2.25. The molecule has 0 aliphatic carbocycles. The lowest BCUT2D eigenvalue weighted by molar-refractivity contribution is -0.130. The van der Waals surface area contributed by atoms with Gasteiger partial charge in [-0.2, -0.15) is 0 Å². The van der Waals surface area contributed by atoms with E-state index in [1.807, 2.05) is 20.8 Å². The number of esters is 1. The number of benzene rings is 2. The maximum atomic E-state index is 12.4. The molecule has 0 aromatic heterocycles. The third-order valence-corrected chi connectivity index (χ3v) is 4.63. The minimum atomic E-state index is -0.572. The minimum absolute atomic E-state index is 0.129. The molecule has 0 atom stereocenters. The molecule has 1 N–H and O–H groups in total. The molecule has 2 aromatic carbocycles. The lowest BCUT2D eigenvalue weighted by Gasteiger charge is -2.11. The second-order valence-electron chi connectivity index (χ2n) is 7.02. The van der Waals surface area contributed by atoms with E-state index in [2.05, 4.69) is 10.3 Å². The van der Waals surface area contributed by atoms with Crippen LogP contribution in [0.2, 0.25) is 0 Å². The SMILES string of the molecule is CCNC(=O)COc1ccc(/C=C2\N=C(c3ccc(OCC)c(OCC)c3)OC2=O)cc1OC. The number of ether oxygens (including phenoxy) is 5. The molecule has 1 amide bonds. The van der Waals surface area contributed by atoms with Crippen molar-refractivity contribution in [3.05, 3.63) is 53.2 Å². The molecule has 0 bridgehead atoms. The van der Waals surface area contributed by atoms with Crippen LogP contribution in [0, 0.1) is 0 Å². The number of rotatable bonds is 11. The Hall–Kier alpha value is -4.01. The van der Waals surface area contributed by atoms with Crippen LogP contribution >= 0.6 is 0 Å². The summed E-state index contributed by atoms with van der Waals surface area (Å²) in [5.41, 5.74) is 1.39. The molecule has 1 heterocycles. The van der Waals surface area contributed by atoms with E-state index in [0.717, 1.165) is 0 Å². The first-order valence-electron chi connectivity index (χ1n) is 11.0. The number of hydrogen-bond donors (Lipinski definition) is 1. The topological polar surface area (TPSA) is 105 Å². The lowest BCUT2D eigenvalue weighted by atomic mass is 10.1. The summed E-state index contributed by atoms with van der Waals surface area (Å²) in [5.74, 6) is 1.36. The maximum absolute atomic E-state index is 12.4. The van der Waals surface area contributed by atoms with Gasteiger partial charge in [-0.3, -0.25) is 4.79 Å². The Morgan fingerprint density at radius 2 is 1.68 bits per heavy atom. The first-order chi connectivity index (χ1) is 16.5. The van der Waals surface area contributed by atoms with Crippen LogP contribution < -0.4 is 24.3 Å². The Kier molecular flexibility index (Phi) is 8.50. The number of methoxy groups -OCH3 is 1. The number of carbonyl (C=O) groups is 2. The maximum Gasteiger partial charge on any atom is 0.363 e. The number of hydrogen-bond acceptors (Lipinski definition) is 8. The largest absolute Gasteiger partial charge is 0.493 e. The minimum Gasteiger partial charge on any atom is -0.493 e. The van der Waals surface area contributed by atoms with Crippen molar-refractivity contribution >= 4 is 23.9 Å². The van der Waals surface area contributed by atoms with E-state index in [0.29, 0.717) is 53.9 Å². The first-order valence-corrected chi connectivity index (χ1v) is 11.0. The molecular formula is C25H28N2O7. The molecule has 0 saturated carbocycles. The van der Waals surface area contributed by atoms with E-state index in [-0.39, 0.29) is 24.1 Å². The molecule has 1 aliphatic rings. The highest BCUT2D eigenvalue weighted by atomic mass is 16.6. The van der Waals surface area contributed by atoms with E-state index in [1.165, 1.54) is 7.11 Å². The van der Waals surface area contributed by atoms with Crippen molar-refractivity contribution in [2.24, 2.45) is 4.99 Å². The highest BCUT2D eigenvalue weighted by molar-refractivity contribution is 6.13. The second kappa shape index (κ2) is 11.7. The van der Waals surface area contributed by atoms with Crippen LogP contribution in [-0.2, 0) is 14.3 Å². The smallest absolute Gasteiger partial charge is 0.363 e. The Balaban J connectivity index is 1.82. The summed E-state index contributed by atoms with van der Waals surface area (Å²) >= 11 is 0. The molecule has 1 aliphatic heterocycles. The molecule has 9 nitrogen and oxygen atoms in total. The molecular weight excluding hydrogens is 440 g/mol. The predicted molar refractivity (Wildman–Crippen MR) is 127 cm³/mol. The Morgan fingerprint density at radius 3 is 2.38 bits per heavy atom. The summed E-state index contributed by atoms with van der Waals surface area (Å²) in [6.07, 6.45) is 1.59. The van der Waals surface area contributed by atoms with Crippen LogP contribution in [0.3, 0.4) is 0 Å². The van der Waals surface area contributed by atoms with Crippen LogP contribution in [0.25, 0.3) is 6.08 Å². The molecule has 3 rings (SSSR count). The number of nitrogens with zero attached hydrogens (tertiary/aromatic N) is 1. The third kappa shape index (κ3) is 6.06.